The largest absolute Gasteiger partial charge is 0.496 e. The second-order valence-electron chi connectivity index (χ2n) is 3.78. The van der Waals surface area contributed by atoms with Crippen molar-refractivity contribution in [2.45, 2.75) is 0 Å². The molecule has 0 radical (unpaired) electrons. The van der Waals surface area contributed by atoms with Crippen LogP contribution in [0.15, 0.2) is 54.6 Å². The maximum absolute atomic E-state index is 9.25. The van der Waals surface area contributed by atoms with E-state index < -0.39 is 0 Å². The molecule has 0 saturated heterocycles. The Kier molecular flexibility index (Phi) is 3.78. The zero-order valence-corrected chi connectivity index (χ0v) is 10.1. The van der Waals surface area contributed by atoms with Gasteiger partial charge in [0.05, 0.1) is 18.8 Å². The first kappa shape index (κ1) is 11.9. The van der Waals surface area contributed by atoms with E-state index in [1.54, 1.807) is 7.11 Å². The molecule has 0 aliphatic heterocycles. The maximum atomic E-state index is 9.25. The first-order chi connectivity index (χ1) is 8.85. The number of nitrogens with zero attached hydrogens (tertiary/aromatic N) is 1. The monoisotopic (exact) mass is 235 g/mol. The third-order valence-corrected chi connectivity index (χ3v) is 2.64. The number of para-hydroxylation sites is 1. The van der Waals surface area contributed by atoms with Gasteiger partial charge in [0.15, 0.2) is 0 Å². The Morgan fingerprint density at radius 3 is 2.39 bits per heavy atom. The molecule has 18 heavy (non-hydrogen) atoms. The summed E-state index contributed by atoms with van der Waals surface area (Å²) in [5.41, 5.74) is 2.44. The van der Waals surface area contributed by atoms with E-state index in [0.717, 1.165) is 16.9 Å². The van der Waals surface area contributed by atoms with Crippen LogP contribution in [-0.4, -0.2) is 7.11 Å². The van der Waals surface area contributed by atoms with E-state index in [-0.39, 0.29) is 0 Å². The van der Waals surface area contributed by atoms with Crippen LogP contribution in [0.1, 0.15) is 11.1 Å². The SMILES string of the molecule is COc1ccccc1/C=C(\C#N)c1ccccc1. The van der Waals surface area contributed by atoms with E-state index in [9.17, 15) is 5.26 Å². The van der Waals surface area contributed by atoms with Crippen molar-refractivity contribution in [2.24, 2.45) is 0 Å². The normalized spacial score (nSPS) is 10.8. The summed E-state index contributed by atoms with van der Waals surface area (Å²) in [6.07, 6.45) is 1.84. The van der Waals surface area contributed by atoms with Gasteiger partial charge in [-0.05, 0) is 17.7 Å². The molecule has 0 unspecified atom stereocenters. The zero-order valence-electron chi connectivity index (χ0n) is 10.1. The van der Waals surface area contributed by atoms with Gasteiger partial charge in [-0.3, -0.25) is 0 Å². The van der Waals surface area contributed by atoms with Gasteiger partial charge in [0.2, 0.25) is 0 Å². The second kappa shape index (κ2) is 5.70. The molecule has 0 aromatic heterocycles. The van der Waals surface area contributed by atoms with Crippen molar-refractivity contribution in [3.05, 3.63) is 65.7 Å². The van der Waals surface area contributed by atoms with Crippen molar-refractivity contribution in [1.29, 1.82) is 5.26 Å². The quantitative estimate of drug-likeness (QED) is 0.599. The first-order valence-corrected chi connectivity index (χ1v) is 5.65. The number of methoxy groups -OCH3 is 1. The van der Waals surface area contributed by atoms with Crippen LogP contribution in [0, 0.1) is 11.3 Å². The molecule has 0 aliphatic carbocycles. The molecule has 0 bridgehead atoms. The molecule has 0 atom stereocenters. The van der Waals surface area contributed by atoms with Crippen molar-refractivity contribution in [2.75, 3.05) is 7.11 Å². The lowest BCUT2D eigenvalue weighted by Gasteiger charge is -2.05. The van der Waals surface area contributed by atoms with E-state index in [1.165, 1.54) is 0 Å². The van der Waals surface area contributed by atoms with Crippen LogP contribution in [0.3, 0.4) is 0 Å². The van der Waals surface area contributed by atoms with E-state index in [2.05, 4.69) is 6.07 Å². The summed E-state index contributed by atoms with van der Waals surface area (Å²) < 4.78 is 5.27. The molecule has 2 nitrogen and oxygen atoms in total. The first-order valence-electron chi connectivity index (χ1n) is 5.65. The lowest BCUT2D eigenvalue weighted by molar-refractivity contribution is 0.414. The molecule has 2 rings (SSSR count). The van der Waals surface area contributed by atoms with Crippen molar-refractivity contribution in [1.82, 2.24) is 0 Å². The summed E-state index contributed by atoms with van der Waals surface area (Å²) in [6.45, 7) is 0. The molecular formula is C16H13NO. The smallest absolute Gasteiger partial charge is 0.126 e. The Labute approximate surface area is 107 Å². The van der Waals surface area contributed by atoms with Crippen molar-refractivity contribution in [3.8, 4) is 11.8 Å². The molecule has 0 N–H and O–H groups in total. The van der Waals surface area contributed by atoms with E-state index >= 15 is 0 Å². The Bertz CT molecular complexity index is 594. The Morgan fingerprint density at radius 1 is 1.06 bits per heavy atom. The fraction of sp³-hybridized carbons (Fsp3) is 0.0625. The molecule has 0 aliphatic rings. The zero-order chi connectivity index (χ0) is 12.8. The van der Waals surface area contributed by atoms with Crippen LogP contribution in [0.25, 0.3) is 11.6 Å². The van der Waals surface area contributed by atoms with Gasteiger partial charge in [-0.15, -0.1) is 0 Å². The number of rotatable bonds is 3. The Balaban J connectivity index is 2.45. The minimum Gasteiger partial charge on any atom is -0.496 e. The van der Waals surface area contributed by atoms with Crippen LogP contribution < -0.4 is 4.74 Å². The van der Waals surface area contributed by atoms with Gasteiger partial charge in [-0.2, -0.15) is 5.26 Å². The number of hydrogen-bond donors (Lipinski definition) is 0. The van der Waals surface area contributed by atoms with Gasteiger partial charge in [-0.25, -0.2) is 0 Å². The molecule has 2 aromatic rings. The van der Waals surface area contributed by atoms with Crippen LogP contribution in [0.4, 0.5) is 0 Å². The Hall–Kier alpha value is -2.53. The molecule has 88 valence electrons. The molecule has 0 amide bonds. The van der Waals surface area contributed by atoms with Gasteiger partial charge >= 0.3 is 0 Å². The number of hydrogen-bond acceptors (Lipinski definition) is 2. The summed E-state index contributed by atoms with van der Waals surface area (Å²) >= 11 is 0. The summed E-state index contributed by atoms with van der Waals surface area (Å²) in [4.78, 5) is 0. The molecule has 0 saturated carbocycles. The third-order valence-electron chi connectivity index (χ3n) is 2.64. The molecular weight excluding hydrogens is 222 g/mol. The maximum Gasteiger partial charge on any atom is 0.126 e. The van der Waals surface area contributed by atoms with Crippen LogP contribution in [0.2, 0.25) is 0 Å². The lowest BCUT2D eigenvalue weighted by Crippen LogP contribution is -1.87. The highest BCUT2D eigenvalue weighted by atomic mass is 16.5. The van der Waals surface area contributed by atoms with E-state index in [0.29, 0.717) is 5.57 Å². The van der Waals surface area contributed by atoms with Crippen molar-refractivity contribution >= 4 is 11.6 Å². The highest BCUT2D eigenvalue weighted by Gasteiger charge is 2.03. The average Bonchev–Trinajstić information content (AvgIpc) is 2.46. The molecule has 0 fully saturated rings. The van der Waals surface area contributed by atoms with Crippen LogP contribution >= 0.6 is 0 Å². The van der Waals surface area contributed by atoms with Crippen molar-refractivity contribution in [3.63, 3.8) is 0 Å². The van der Waals surface area contributed by atoms with Crippen LogP contribution in [-0.2, 0) is 0 Å². The number of ether oxygens (including phenoxy) is 1. The highest BCUT2D eigenvalue weighted by molar-refractivity contribution is 5.90. The predicted octanol–water partition coefficient (Wildman–Crippen LogP) is 3.76. The van der Waals surface area contributed by atoms with Gasteiger partial charge in [-0.1, -0.05) is 48.5 Å². The summed E-state index contributed by atoms with van der Waals surface area (Å²) in [6, 6.07) is 19.5. The van der Waals surface area contributed by atoms with Gasteiger partial charge in [0, 0.05) is 5.56 Å². The standard InChI is InChI=1S/C16H13NO/c1-18-16-10-6-5-9-14(16)11-15(12-17)13-7-3-2-4-8-13/h2-11H,1H3/b15-11+. The average molecular weight is 235 g/mol. The van der Waals surface area contributed by atoms with Gasteiger partial charge in [0.1, 0.15) is 5.75 Å². The minimum absolute atomic E-state index is 0.625. The third kappa shape index (κ3) is 2.58. The molecule has 0 spiro atoms. The lowest BCUT2D eigenvalue weighted by atomic mass is 10.0. The number of nitriles is 1. The molecule has 2 aromatic carbocycles. The van der Waals surface area contributed by atoms with E-state index in [4.69, 9.17) is 4.74 Å². The fourth-order valence-electron chi connectivity index (χ4n) is 1.74. The predicted molar refractivity (Wildman–Crippen MR) is 72.9 cm³/mol. The van der Waals surface area contributed by atoms with Crippen LogP contribution in [0.5, 0.6) is 5.75 Å². The second-order valence-corrected chi connectivity index (χ2v) is 3.78. The minimum atomic E-state index is 0.625. The highest BCUT2D eigenvalue weighted by Crippen LogP contribution is 2.23. The molecule has 2 heteroatoms. The Morgan fingerprint density at radius 2 is 1.72 bits per heavy atom. The van der Waals surface area contributed by atoms with Crippen molar-refractivity contribution < 1.29 is 4.74 Å². The topological polar surface area (TPSA) is 33.0 Å². The van der Waals surface area contributed by atoms with Gasteiger partial charge in [0.25, 0.3) is 0 Å². The summed E-state index contributed by atoms with van der Waals surface area (Å²) in [7, 11) is 1.63. The summed E-state index contributed by atoms with van der Waals surface area (Å²) in [5, 5.41) is 9.25. The number of allylic oxidation sites excluding steroid dienone is 1. The molecule has 0 heterocycles. The van der Waals surface area contributed by atoms with E-state index in [1.807, 2.05) is 60.7 Å². The number of benzene rings is 2. The van der Waals surface area contributed by atoms with Gasteiger partial charge < -0.3 is 4.74 Å². The summed E-state index contributed by atoms with van der Waals surface area (Å²) in [5.74, 6) is 0.765. The fourth-order valence-corrected chi connectivity index (χ4v) is 1.74.